The topological polar surface area (TPSA) is 0 Å². The second-order valence-corrected chi connectivity index (χ2v) is 110. The van der Waals surface area contributed by atoms with Crippen LogP contribution >= 0.6 is 0 Å². The Balaban J connectivity index is -0.0000000651. The van der Waals surface area contributed by atoms with Crippen LogP contribution in [0.25, 0.3) is 0 Å². The molecule has 384 valence electrons. The third-order valence-corrected chi connectivity index (χ3v) is 55.4. The van der Waals surface area contributed by atoms with E-state index in [-0.39, 0.29) is 42.9 Å². The maximum absolute atomic E-state index is 3.91. The Morgan fingerprint density at radius 2 is 0.290 bits per heavy atom. The minimum Gasteiger partial charge on any atom is -1.00 e. The summed E-state index contributed by atoms with van der Waals surface area (Å²) >= 11 is 0. The van der Waals surface area contributed by atoms with Crippen LogP contribution in [0.1, 0.15) is 7.43 Å². The van der Waals surface area contributed by atoms with Gasteiger partial charge in [0.2, 0.25) is 0 Å². The number of halogens is 1. The molecule has 0 saturated carbocycles. The minimum absolute atomic E-state index is 0. The van der Waals surface area contributed by atoms with Gasteiger partial charge in [-0.3, -0.25) is 0 Å². The molecule has 0 radical (unpaired) electrons. The van der Waals surface area contributed by atoms with Crippen molar-refractivity contribution in [2.45, 2.75) is 297 Å². The van der Waals surface area contributed by atoms with Crippen LogP contribution in [0.15, 0.2) is 0 Å². The van der Waals surface area contributed by atoms with Crippen molar-refractivity contribution in [3.8, 4) is 0 Å². The summed E-state index contributed by atoms with van der Waals surface area (Å²) in [5.74, 6) is 0. The van der Waals surface area contributed by atoms with Gasteiger partial charge >= 0.3 is 23.1 Å². The molecule has 0 heterocycles. The molecular weight excluding hydrogens is 989 g/mol. The Morgan fingerprint density at radius 3 is 0.323 bits per heavy atom. The van der Waals surface area contributed by atoms with E-state index < -0.39 is 105 Å². The number of hydrogen-bond donors (Lipinski definition) is 0. The van der Waals surface area contributed by atoms with Crippen LogP contribution in [-0.4, -0.2) is 128 Å². The average molecular weight is 1130 g/mol. The second kappa shape index (κ2) is 34.3. The van der Waals surface area contributed by atoms with E-state index in [2.05, 4.69) is 262 Å². The third kappa shape index (κ3) is 159. The zero-order chi connectivity index (χ0) is 50.7. The molecule has 0 amide bonds. The molecule has 0 aromatic rings. The number of rotatable bonds is 12. The Bertz CT molecular complexity index is 849. The molecule has 0 aliphatic carbocycles. The fourth-order valence-electron chi connectivity index (χ4n) is 9.05. The van der Waals surface area contributed by atoms with E-state index >= 15 is 0 Å². The molecule has 62 heavy (non-hydrogen) atoms. The van der Waals surface area contributed by atoms with E-state index in [9.17, 15) is 0 Å². The van der Waals surface area contributed by atoms with Gasteiger partial charge in [-0.15, -0.1) is 8.07 Å². The van der Waals surface area contributed by atoms with Crippen molar-refractivity contribution in [1.29, 1.82) is 0 Å². The summed E-state index contributed by atoms with van der Waals surface area (Å²) < 4.78 is 0. The largest absolute Gasteiger partial charge is 2.00 e. The maximum atomic E-state index is 3.91. The van der Waals surface area contributed by atoms with Crippen LogP contribution in [0.3, 0.4) is 0 Å². The standard InChI is InChI=1S/2C10H28Si3.2C7H20Si2.2C4H12Si.C4H11Si.CH4.ClH.Mg/c2*1-11(2,3)9-13(7,8)10-12(4,5)6;2*1-8(2,3)7-9(4,5)6;3*1-5(2,3)4;;;/h2*9-10H2,1-8H3;2*7H2,1-6H3;2*1-4H3;1H2,2-4H3;1H4;1H;/q;;;;;;-1;;;+2/p-1. The summed E-state index contributed by atoms with van der Waals surface area (Å²) in [6.45, 7) is 99.4. The van der Waals surface area contributed by atoms with Crippen LogP contribution < -0.4 is 12.4 Å². The van der Waals surface area contributed by atoms with Gasteiger partial charge in [0.25, 0.3) is 0 Å². The van der Waals surface area contributed by atoms with E-state index in [1.807, 2.05) is 0 Å². The smallest absolute Gasteiger partial charge is 1.00 e. The molecule has 0 atom stereocenters. The van der Waals surface area contributed by atoms with Crippen LogP contribution in [-0.2, 0) is 0 Å². The van der Waals surface area contributed by atoms with Crippen LogP contribution in [0.2, 0.25) is 289 Å². The quantitative estimate of drug-likeness (QED) is 0.135. The Hall–Kier alpha value is 3.88. The normalized spacial score (nSPS) is 13.2. The van der Waals surface area contributed by atoms with Crippen LogP contribution in [0, 0.1) is 6.55 Å². The molecule has 0 saturated heterocycles. The van der Waals surface area contributed by atoms with Gasteiger partial charge in [0, 0.05) is 96.9 Å². The fraction of sp³-hybridized carbons (Fsp3) is 0.979. The van der Waals surface area contributed by atoms with Gasteiger partial charge in [-0.25, -0.2) is 0 Å². The maximum Gasteiger partial charge on any atom is 2.00 e. The second-order valence-electron chi connectivity index (χ2n) is 34.4. The summed E-state index contributed by atoms with van der Waals surface area (Å²) in [5, 5.41) is 0. The van der Waals surface area contributed by atoms with E-state index in [1.54, 1.807) is 34.0 Å². The zero-order valence-corrected chi connectivity index (χ0v) is 66.7. The molecule has 15 heteroatoms. The van der Waals surface area contributed by atoms with Gasteiger partial charge in [-0.05, 0) is 0 Å². The first-order valence-electron chi connectivity index (χ1n) is 24.1. The van der Waals surface area contributed by atoms with Crippen molar-refractivity contribution in [3.63, 3.8) is 0 Å². The fourth-order valence-corrected chi connectivity index (χ4v) is 83.7. The summed E-state index contributed by atoms with van der Waals surface area (Å²) in [5.41, 5.74) is 9.60. The predicted molar refractivity (Wildman–Crippen MR) is 350 cm³/mol. The first kappa shape index (κ1) is 88.8. The van der Waals surface area contributed by atoms with Gasteiger partial charge in [0.05, 0.1) is 0 Å². The first-order valence-corrected chi connectivity index (χ1v) is 72.3. The predicted octanol–water partition coefficient (Wildman–Crippen LogP) is 18.2. The first-order chi connectivity index (χ1) is 24.2. The summed E-state index contributed by atoms with van der Waals surface area (Å²) in [6.07, 6.45) is 0. The summed E-state index contributed by atoms with van der Waals surface area (Å²) in [7, 11) is -9.94. The SMILES string of the molecule is C.C[Si](C)(C)C.C[Si](C)(C)C.C[Si](C)(C)C[Si](C)(C)C.C[Si](C)(C)C[Si](C)(C)C.C[Si](C)(C)C[Si](C)(C)C[Si](C)(C)C.C[Si](C)(C)C[Si](C)(C)C[Si](C)(C)C.[CH2-][Si](C)(C)C.[Cl-].[Mg+2]. The third-order valence-electron chi connectivity index (χ3n) is 6.16. The van der Waals surface area contributed by atoms with Crippen molar-refractivity contribution in [1.82, 2.24) is 0 Å². The van der Waals surface area contributed by atoms with E-state index in [4.69, 9.17) is 0 Å². The van der Waals surface area contributed by atoms with Crippen molar-refractivity contribution in [2.24, 2.45) is 0 Å². The Morgan fingerprint density at radius 1 is 0.226 bits per heavy atom. The van der Waals surface area contributed by atoms with Crippen molar-refractivity contribution < 1.29 is 12.4 Å². The van der Waals surface area contributed by atoms with Gasteiger partial charge in [-0.1, -0.05) is 297 Å². The van der Waals surface area contributed by atoms with E-state index in [0.717, 1.165) is 0 Å². The van der Waals surface area contributed by atoms with Gasteiger partial charge in [0.1, 0.15) is 0 Å². The van der Waals surface area contributed by atoms with Crippen LogP contribution in [0.4, 0.5) is 0 Å². The summed E-state index contributed by atoms with van der Waals surface area (Å²) in [6, 6.07) is 0. The van der Waals surface area contributed by atoms with Crippen molar-refractivity contribution >= 4 is 128 Å². The van der Waals surface area contributed by atoms with Crippen molar-refractivity contribution in [3.05, 3.63) is 6.55 Å². The monoisotopic (exact) mass is 1120 g/mol. The van der Waals surface area contributed by atoms with Gasteiger partial charge in [-0.2, -0.15) is 0 Å². The van der Waals surface area contributed by atoms with Crippen LogP contribution in [0.5, 0.6) is 0 Å². The molecule has 0 rings (SSSR count). The minimum atomic E-state index is -0.861. The molecule has 0 aromatic carbocycles. The molecule has 0 spiro atoms. The van der Waals surface area contributed by atoms with E-state index in [0.29, 0.717) is 0 Å². The molecule has 0 aliphatic rings. The molecule has 0 N–H and O–H groups in total. The van der Waals surface area contributed by atoms with Crippen molar-refractivity contribution in [2.75, 3.05) is 0 Å². The molecule has 0 bridgehead atoms. The van der Waals surface area contributed by atoms with E-state index in [1.165, 1.54) is 0 Å². The average Bonchev–Trinajstić information content (AvgIpc) is 2.56. The molecule has 0 aromatic heterocycles. The molecule has 0 nitrogen and oxygen atoms in total. The van der Waals surface area contributed by atoms with Gasteiger partial charge < -0.3 is 19.0 Å². The summed E-state index contributed by atoms with van der Waals surface area (Å²) in [4.78, 5) is 0. The number of hydrogen-bond acceptors (Lipinski definition) is 0. The van der Waals surface area contributed by atoms with Gasteiger partial charge in [0.15, 0.2) is 0 Å². The zero-order valence-electron chi connectivity index (χ0n) is 51.5. The Labute approximate surface area is 439 Å². The molecule has 0 fully saturated rings. The Kier molecular flexibility index (Phi) is 49.1. The molecule has 0 unspecified atom stereocenters. The molecular formula is C47H135ClMgSi13. The molecule has 0 aliphatic heterocycles.